The third kappa shape index (κ3) is 3.76. The number of hydrogen-bond acceptors (Lipinski definition) is 5. The molecule has 0 amide bonds. The molecule has 102 valence electrons. The van der Waals surface area contributed by atoms with E-state index < -0.39 is 26.4 Å². The normalized spacial score (nSPS) is 11.7. The predicted octanol–water partition coefficient (Wildman–Crippen LogP) is 1.75. The minimum absolute atomic E-state index is 0.165. The Morgan fingerprint density at radius 2 is 2.05 bits per heavy atom. The van der Waals surface area contributed by atoms with E-state index >= 15 is 0 Å². The SMILES string of the molecule is CS(=O)(=O)c1cc(Cl)c(/C=C/C(=O)O)c([N+](=O)[O-])c1. The Kier molecular flexibility index (Phi) is 4.28. The van der Waals surface area contributed by atoms with Crippen LogP contribution in [0.1, 0.15) is 5.56 Å². The first-order chi connectivity index (χ1) is 8.62. The molecule has 0 aliphatic heterocycles. The fraction of sp³-hybridized carbons (Fsp3) is 0.100. The lowest BCUT2D eigenvalue weighted by Crippen LogP contribution is -2.01. The standard InChI is InChI=1S/C10H8ClNO6S/c1-19(17,18)6-4-8(11)7(2-3-10(13)14)9(5-6)12(15)16/h2-5H,1H3,(H,13,14)/b3-2+. The van der Waals surface area contributed by atoms with Gasteiger partial charge in [0.1, 0.15) is 0 Å². The van der Waals surface area contributed by atoms with Crippen LogP contribution in [0.5, 0.6) is 0 Å². The van der Waals surface area contributed by atoms with Crippen LogP contribution in [0.25, 0.3) is 6.08 Å². The van der Waals surface area contributed by atoms with Gasteiger partial charge in [0.05, 0.1) is 20.4 Å². The summed E-state index contributed by atoms with van der Waals surface area (Å²) in [6.07, 6.45) is 2.50. The molecule has 0 aliphatic rings. The molecule has 1 aromatic rings. The zero-order valence-electron chi connectivity index (χ0n) is 9.53. The number of nitrogens with zero attached hydrogens (tertiary/aromatic N) is 1. The lowest BCUT2D eigenvalue weighted by atomic mass is 10.1. The van der Waals surface area contributed by atoms with Crippen molar-refractivity contribution in [1.82, 2.24) is 0 Å². The van der Waals surface area contributed by atoms with Crippen molar-refractivity contribution >= 4 is 39.2 Å². The van der Waals surface area contributed by atoms with Gasteiger partial charge in [0.25, 0.3) is 5.69 Å². The largest absolute Gasteiger partial charge is 0.478 e. The zero-order valence-corrected chi connectivity index (χ0v) is 11.1. The summed E-state index contributed by atoms with van der Waals surface area (Å²) in [5.41, 5.74) is -0.744. The van der Waals surface area contributed by atoms with E-state index in [2.05, 4.69) is 0 Å². The molecule has 0 radical (unpaired) electrons. The molecule has 0 heterocycles. The minimum Gasteiger partial charge on any atom is -0.478 e. The van der Waals surface area contributed by atoms with Gasteiger partial charge in [-0.1, -0.05) is 11.6 Å². The number of rotatable bonds is 4. The first-order valence-electron chi connectivity index (χ1n) is 4.72. The first kappa shape index (κ1) is 15.1. The van der Waals surface area contributed by atoms with E-state index in [4.69, 9.17) is 16.7 Å². The van der Waals surface area contributed by atoms with E-state index in [-0.39, 0.29) is 15.5 Å². The highest BCUT2D eigenvalue weighted by atomic mass is 35.5. The van der Waals surface area contributed by atoms with Crippen LogP contribution < -0.4 is 0 Å². The van der Waals surface area contributed by atoms with Crippen LogP contribution >= 0.6 is 11.6 Å². The van der Waals surface area contributed by atoms with Gasteiger partial charge in [0.2, 0.25) is 0 Å². The third-order valence-electron chi connectivity index (χ3n) is 2.10. The van der Waals surface area contributed by atoms with Gasteiger partial charge in [-0.3, -0.25) is 10.1 Å². The molecule has 1 aromatic carbocycles. The summed E-state index contributed by atoms with van der Waals surface area (Å²) < 4.78 is 22.7. The predicted molar refractivity (Wildman–Crippen MR) is 67.9 cm³/mol. The number of aliphatic carboxylic acids is 1. The number of halogens is 1. The van der Waals surface area contributed by atoms with Crippen LogP contribution in [0.4, 0.5) is 5.69 Å². The van der Waals surface area contributed by atoms with Crippen LogP contribution in [0.3, 0.4) is 0 Å². The number of carboxylic acid groups (broad SMARTS) is 1. The lowest BCUT2D eigenvalue weighted by Gasteiger charge is -2.04. The number of benzene rings is 1. The number of carboxylic acids is 1. The van der Waals surface area contributed by atoms with Crippen molar-refractivity contribution in [3.05, 3.63) is 38.9 Å². The van der Waals surface area contributed by atoms with Crippen LogP contribution in [-0.2, 0) is 14.6 Å². The van der Waals surface area contributed by atoms with Crippen molar-refractivity contribution in [2.24, 2.45) is 0 Å². The summed E-state index contributed by atoms with van der Waals surface area (Å²) in [6, 6.07) is 1.87. The molecule has 0 saturated heterocycles. The van der Waals surface area contributed by atoms with Crippen molar-refractivity contribution in [3.63, 3.8) is 0 Å². The number of nitro groups is 1. The molecule has 0 fully saturated rings. The van der Waals surface area contributed by atoms with E-state index in [1.54, 1.807) is 0 Å². The Labute approximate surface area is 113 Å². The summed E-state index contributed by atoms with van der Waals surface area (Å²) in [4.78, 5) is 20.1. The second-order valence-corrected chi connectivity index (χ2v) is 5.96. The van der Waals surface area contributed by atoms with Gasteiger partial charge in [0.15, 0.2) is 9.84 Å². The maximum atomic E-state index is 11.3. The Hall–Kier alpha value is -1.93. The average Bonchev–Trinajstić information content (AvgIpc) is 2.24. The summed E-state index contributed by atoms with van der Waals surface area (Å²) in [6.45, 7) is 0. The maximum Gasteiger partial charge on any atom is 0.328 e. The van der Waals surface area contributed by atoms with E-state index in [9.17, 15) is 23.3 Å². The average molecular weight is 306 g/mol. The van der Waals surface area contributed by atoms with Gasteiger partial charge in [-0.25, -0.2) is 13.2 Å². The molecule has 0 aliphatic carbocycles. The summed E-state index contributed by atoms with van der Waals surface area (Å²) >= 11 is 5.76. The lowest BCUT2D eigenvalue weighted by molar-refractivity contribution is -0.385. The molecule has 0 bridgehead atoms. The van der Waals surface area contributed by atoms with E-state index in [1.807, 2.05) is 0 Å². The van der Waals surface area contributed by atoms with Crippen molar-refractivity contribution in [3.8, 4) is 0 Å². The smallest absolute Gasteiger partial charge is 0.328 e. The summed E-state index contributed by atoms with van der Waals surface area (Å²) in [7, 11) is -3.66. The summed E-state index contributed by atoms with van der Waals surface area (Å²) in [5.74, 6) is -1.31. The van der Waals surface area contributed by atoms with Crippen LogP contribution in [0, 0.1) is 10.1 Å². The second-order valence-electron chi connectivity index (χ2n) is 3.54. The van der Waals surface area contributed by atoms with Crippen LogP contribution in [0.2, 0.25) is 5.02 Å². The molecule has 1 rings (SSSR count). The Morgan fingerprint density at radius 3 is 2.47 bits per heavy atom. The number of nitro benzene ring substituents is 1. The Bertz CT molecular complexity index is 680. The van der Waals surface area contributed by atoms with Gasteiger partial charge in [0, 0.05) is 18.4 Å². The van der Waals surface area contributed by atoms with Crippen LogP contribution in [-0.4, -0.2) is 30.7 Å². The Morgan fingerprint density at radius 1 is 1.47 bits per heavy atom. The van der Waals surface area contributed by atoms with E-state index in [0.717, 1.165) is 24.5 Å². The molecule has 9 heteroatoms. The quantitative estimate of drug-likeness (QED) is 0.515. The minimum atomic E-state index is -3.66. The number of carbonyl (C=O) groups is 1. The van der Waals surface area contributed by atoms with Gasteiger partial charge in [-0.15, -0.1) is 0 Å². The molecule has 7 nitrogen and oxygen atoms in total. The monoisotopic (exact) mass is 305 g/mol. The summed E-state index contributed by atoms with van der Waals surface area (Å²) in [5, 5.41) is 19.1. The number of sulfone groups is 1. The van der Waals surface area contributed by atoms with Gasteiger partial charge < -0.3 is 5.11 Å². The third-order valence-corrected chi connectivity index (χ3v) is 3.50. The van der Waals surface area contributed by atoms with Gasteiger partial charge in [-0.2, -0.15) is 0 Å². The van der Waals surface area contributed by atoms with Crippen molar-refractivity contribution in [2.45, 2.75) is 4.90 Å². The molecule has 1 N–H and O–H groups in total. The first-order valence-corrected chi connectivity index (χ1v) is 6.99. The topological polar surface area (TPSA) is 115 Å². The van der Waals surface area contributed by atoms with E-state index in [1.165, 1.54) is 0 Å². The second kappa shape index (κ2) is 5.37. The molecule has 0 atom stereocenters. The van der Waals surface area contributed by atoms with Crippen molar-refractivity contribution < 1.29 is 23.2 Å². The highest BCUT2D eigenvalue weighted by Gasteiger charge is 2.21. The van der Waals surface area contributed by atoms with E-state index in [0.29, 0.717) is 6.08 Å². The maximum absolute atomic E-state index is 11.3. The molecule has 19 heavy (non-hydrogen) atoms. The highest BCUT2D eigenvalue weighted by molar-refractivity contribution is 7.90. The highest BCUT2D eigenvalue weighted by Crippen LogP contribution is 2.31. The van der Waals surface area contributed by atoms with Crippen molar-refractivity contribution in [1.29, 1.82) is 0 Å². The van der Waals surface area contributed by atoms with Crippen LogP contribution in [0.15, 0.2) is 23.1 Å². The molecule has 0 aromatic heterocycles. The molecule has 0 unspecified atom stereocenters. The zero-order chi connectivity index (χ0) is 14.8. The van der Waals surface area contributed by atoms with Gasteiger partial charge in [-0.05, 0) is 12.1 Å². The molecule has 0 saturated carbocycles. The fourth-order valence-electron chi connectivity index (χ4n) is 1.26. The molecule has 0 spiro atoms. The number of hydrogen-bond donors (Lipinski definition) is 1. The van der Waals surface area contributed by atoms with Gasteiger partial charge >= 0.3 is 5.97 Å². The Balaban J connectivity index is 3.57. The molecular formula is C10H8ClNO6S. The molecular weight excluding hydrogens is 298 g/mol. The van der Waals surface area contributed by atoms with Crippen molar-refractivity contribution in [2.75, 3.05) is 6.26 Å². The fourth-order valence-corrected chi connectivity index (χ4v) is 2.26.